The number of benzene rings is 1. The molecule has 0 atom stereocenters. The maximum Gasteiger partial charge on any atom is 0.416 e. The minimum Gasteiger partial charge on any atom is -0.507 e. The summed E-state index contributed by atoms with van der Waals surface area (Å²) in [4.78, 5) is 0. The predicted octanol–water partition coefficient (Wildman–Crippen LogP) is 1.84. The van der Waals surface area contributed by atoms with Gasteiger partial charge in [-0.1, -0.05) is 0 Å². The fraction of sp³-hybridized carbons (Fsp3) is 0.125. The number of nitrogens with zero attached hydrogens (tertiary/aromatic N) is 1. The summed E-state index contributed by atoms with van der Waals surface area (Å²) in [5.41, 5.74) is -1.75. The average molecular weight is 222 g/mol. The number of aromatic hydroxyl groups is 1. The topological polar surface area (TPSA) is 58.6 Å². The van der Waals surface area contributed by atoms with Crippen LogP contribution in [-0.2, 0) is 6.18 Å². The maximum absolute atomic E-state index is 13.0. The highest BCUT2D eigenvalue weighted by molar-refractivity contribution is 5.83. The molecule has 0 saturated heterocycles. The molecule has 15 heavy (non-hydrogen) atoms. The third-order valence-electron chi connectivity index (χ3n) is 1.64. The van der Waals surface area contributed by atoms with Gasteiger partial charge in [-0.2, -0.15) is 18.3 Å². The van der Waals surface area contributed by atoms with Crippen LogP contribution < -0.4 is 5.84 Å². The lowest BCUT2D eigenvalue weighted by molar-refractivity contribution is -0.137. The fourth-order valence-electron chi connectivity index (χ4n) is 0.969. The summed E-state index contributed by atoms with van der Waals surface area (Å²) >= 11 is 0. The molecular weight excluding hydrogens is 216 g/mol. The molecule has 0 bridgehead atoms. The van der Waals surface area contributed by atoms with E-state index in [-0.39, 0.29) is 6.07 Å². The Kier molecular flexibility index (Phi) is 2.83. The third kappa shape index (κ3) is 2.36. The molecule has 0 aliphatic rings. The van der Waals surface area contributed by atoms with Gasteiger partial charge in [-0.05, 0) is 12.1 Å². The Hall–Kier alpha value is -1.79. The predicted molar refractivity (Wildman–Crippen MR) is 44.8 cm³/mol. The van der Waals surface area contributed by atoms with E-state index in [2.05, 4.69) is 5.10 Å². The number of hydrazone groups is 1. The lowest BCUT2D eigenvalue weighted by Crippen LogP contribution is -2.06. The molecule has 82 valence electrons. The van der Waals surface area contributed by atoms with Crippen molar-refractivity contribution in [3.05, 3.63) is 29.1 Å². The second-order valence-electron chi connectivity index (χ2n) is 2.67. The molecule has 3 N–H and O–H groups in total. The summed E-state index contributed by atoms with van der Waals surface area (Å²) in [5, 5.41) is 12.0. The number of hydrogen-bond donors (Lipinski definition) is 2. The Bertz CT molecular complexity index is 377. The van der Waals surface area contributed by atoms with Crippen molar-refractivity contribution >= 4 is 6.21 Å². The summed E-state index contributed by atoms with van der Waals surface area (Å²) in [7, 11) is 0. The largest absolute Gasteiger partial charge is 0.507 e. The van der Waals surface area contributed by atoms with E-state index >= 15 is 0 Å². The summed E-state index contributed by atoms with van der Waals surface area (Å²) in [5.74, 6) is 2.59. The second kappa shape index (κ2) is 3.76. The van der Waals surface area contributed by atoms with E-state index in [9.17, 15) is 17.6 Å². The zero-order valence-electron chi connectivity index (χ0n) is 7.22. The van der Waals surface area contributed by atoms with Crippen molar-refractivity contribution in [1.29, 1.82) is 0 Å². The first-order valence-corrected chi connectivity index (χ1v) is 3.69. The zero-order chi connectivity index (χ0) is 11.6. The monoisotopic (exact) mass is 222 g/mol. The standard InChI is InChI=1S/C8H6F4N2O/c9-6-1-4(8(10,11)12)2-7(15)5(6)3-14-13/h1-3,15H,13H2. The molecule has 3 nitrogen and oxygen atoms in total. The molecule has 1 aromatic rings. The minimum atomic E-state index is -4.71. The summed E-state index contributed by atoms with van der Waals surface area (Å²) in [6.07, 6.45) is -3.98. The van der Waals surface area contributed by atoms with Crippen LogP contribution in [0, 0.1) is 5.82 Å². The summed E-state index contributed by atoms with van der Waals surface area (Å²) in [6, 6.07) is 0.664. The molecular formula is C8H6F4N2O. The van der Waals surface area contributed by atoms with Crippen molar-refractivity contribution in [2.45, 2.75) is 6.18 Å². The van der Waals surface area contributed by atoms with Crippen LogP contribution in [0.3, 0.4) is 0 Å². The molecule has 0 spiro atoms. The Morgan fingerprint density at radius 2 is 1.93 bits per heavy atom. The fourth-order valence-corrected chi connectivity index (χ4v) is 0.969. The Morgan fingerprint density at radius 3 is 2.33 bits per heavy atom. The van der Waals surface area contributed by atoms with Gasteiger partial charge >= 0.3 is 6.18 Å². The highest BCUT2D eigenvalue weighted by atomic mass is 19.4. The number of hydrogen-bond acceptors (Lipinski definition) is 3. The van der Waals surface area contributed by atoms with E-state index in [1.807, 2.05) is 0 Å². The van der Waals surface area contributed by atoms with Crippen molar-refractivity contribution in [1.82, 2.24) is 0 Å². The molecule has 1 rings (SSSR count). The van der Waals surface area contributed by atoms with Crippen molar-refractivity contribution in [2.24, 2.45) is 10.9 Å². The molecule has 0 aliphatic heterocycles. The number of phenols is 1. The van der Waals surface area contributed by atoms with Gasteiger partial charge in [0, 0.05) is 0 Å². The zero-order valence-corrected chi connectivity index (χ0v) is 7.22. The SMILES string of the molecule is NN=Cc1c(O)cc(C(F)(F)F)cc1F. The van der Waals surface area contributed by atoms with E-state index in [1.165, 1.54) is 0 Å². The first-order valence-electron chi connectivity index (χ1n) is 3.69. The normalized spacial score (nSPS) is 12.3. The second-order valence-corrected chi connectivity index (χ2v) is 2.67. The van der Waals surface area contributed by atoms with Crippen molar-refractivity contribution in [3.63, 3.8) is 0 Å². The highest BCUT2D eigenvalue weighted by Crippen LogP contribution is 2.33. The minimum absolute atomic E-state index is 0.261. The number of alkyl halides is 3. The van der Waals surface area contributed by atoms with E-state index < -0.39 is 28.9 Å². The van der Waals surface area contributed by atoms with E-state index in [0.717, 1.165) is 6.21 Å². The smallest absolute Gasteiger partial charge is 0.416 e. The first kappa shape index (κ1) is 11.3. The molecule has 0 unspecified atom stereocenters. The van der Waals surface area contributed by atoms with Crippen LogP contribution in [0.25, 0.3) is 0 Å². The molecule has 0 saturated carbocycles. The lowest BCUT2D eigenvalue weighted by atomic mass is 10.1. The molecule has 0 heterocycles. The van der Waals surface area contributed by atoms with Crippen LogP contribution in [0.15, 0.2) is 17.2 Å². The molecule has 7 heteroatoms. The summed E-state index contributed by atoms with van der Waals surface area (Å²) in [6.45, 7) is 0. The van der Waals surface area contributed by atoms with Crippen LogP contribution in [0.5, 0.6) is 5.75 Å². The molecule has 0 aliphatic carbocycles. The van der Waals surface area contributed by atoms with E-state index in [0.29, 0.717) is 6.07 Å². The van der Waals surface area contributed by atoms with Crippen molar-refractivity contribution in [2.75, 3.05) is 0 Å². The number of phenolic OH excluding ortho intramolecular Hbond substituents is 1. The first-order chi connectivity index (χ1) is 6.86. The van der Waals surface area contributed by atoms with Gasteiger partial charge < -0.3 is 10.9 Å². The average Bonchev–Trinajstić information content (AvgIpc) is 2.09. The number of nitrogens with two attached hydrogens (primary N) is 1. The molecule has 1 aromatic carbocycles. The van der Waals surface area contributed by atoms with E-state index in [1.54, 1.807) is 0 Å². The van der Waals surface area contributed by atoms with Gasteiger partial charge in [-0.15, -0.1) is 0 Å². The van der Waals surface area contributed by atoms with Gasteiger partial charge in [-0.25, -0.2) is 4.39 Å². The van der Waals surface area contributed by atoms with E-state index in [4.69, 9.17) is 10.9 Å². The Labute approximate surface area is 81.8 Å². The molecule has 0 fully saturated rings. The van der Waals surface area contributed by atoms with Crippen LogP contribution in [0.1, 0.15) is 11.1 Å². The van der Waals surface area contributed by atoms with Crippen LogP contribution in [0.2, 0.25) is 0 Å². The third-order valence-corrected chi connectivity index (χ3v) is 1.64. The molecule has 0 radical (unpaired) electrons. The quantitative estimate of drug-likeness (QED) is 0.329. The molecule has 0 amide bonds. The van der Waals surface area contributed by atoms with Gasteiger partial charge in [0.15, 0.2) is 0 Å². The highest BCUT2D eigenvalue weighted by Gasteiger charge is 2.32. The van der Waals surface area contributed by atoms with Gasteiger partial charge in [0.05, 0.1) is 17.3 Å². The van der Waals surface area contributed by atoms with Gasteiger partial charge in [0.2, 0.25) is 0 Å². The number of halogens is 4. The molecule has 0 aromatic heterocycles. The lowest BCUT2D eigenvalue weighted by Gasteiger charge is -2.08. The van der Waals surface area contributed by atoms with Crippen molar-refractivity contribution in [3.8, 4) is 5.75 Å². The summed E-state index contributed by atoms with van der Waals surface area (Å²) < 4.78 is 49.4. The Balaban J connectivity index is 3.32. The van der Waals surface area contributed by atoms with Crippen LogP contribution >= 0.6 is 0 Å². The van der Waals surface area contributed by atoms with Crippen LogP contribution in [-0.4, -0.2) is 11.3 Å². The van der Waals surface area contributed by atoms with Gasteiger partial charge in [-0.3, -0.25) is 0 Å². The maximum atomic E-state index is 13.0. The van der Waals surface area contributed by atoms with Crippen LogP contribution in [0.4, 0.5) is 17.6 Å². The Morgan fingerprint density at radius 1 is 1.33 bits per heavy atom. The van der Waals surface area contributed by atoms with Gasteiger partial charge in [0.25, 0.3) is 0 Å². The van der Waals surface area contributed by atoms with Gasteiger partial charge in [0.1, 0.15) is 11.6 Å². The van der Waals surface area contributed by atoms with Crippen molar-refractivity contribution < 1.29 is 22.7 Å². The number of rotatable bonds is 1.